The van der Waals surface area contributed by atoms with Crippen LogP contribution in [-0.4, -0.2) is 16.4 Å². The van der Waals surface area contributed by atoms with E-state index in [1.807, 2.05) is 6.07 Å². The Morgan fingerprint density at radius 3 is 2.90 bits per heavy atom. The van der Waals surface area contributed by atoms with E-state index >= 15 is 0 Å². The number of pyridine rings is 1. The third-order valence-electron chi connectivity index (χ3n) is 4.17. The molecule has 0 saturated heterocycles. The van der Waals surface area contributed by atoms with Crippen molar-refractivity contribution in [2.45, 2.75) is 50.6 Å². The number of aryl methyl sites for hydroxylation is 1. The van der Waals surface area contributed by atoms with E-state index in [1.54, 1.807) is 0 Å². The summed E-state index contributed by atoms with van der Waals surface area (Å²) in [6.45, 7) is 2.93. The van der Waals surface area contributed by atoms with E-state index in [4.69, 9.17) is 11.6 Å². The van der Waals surface area contributed by atoms with Crippen molar-refractivity contribution in [3.63, 3.8) is 0 Å². The number of nitrogens with zero attached hydrogens (tertiary/aromatic N) is 1. The molecular formula is C17H21ClN2. The van der Waals surface area contributed by atoms with Gasteiger partial charge >= 0.3 is 0 Å². The van der Waals surface area contributed by atoms with Gasteiger partial charge in [0, 0.05) is 29.0 Å². The topological polar surface area (TPSA) is 24.9 Å². The fraction of sp³-hybridized carbons (Fsp3) is 0.471. The molecule has 1 aromatic carbocycles. The second-order valence-electron chi connectivity index (χ2n) is 5.73. The number of alkyl halides is 1. The highest BCUT2D eigenvalue weighted by atomic mass is 35.5. The van der Waals surface area contributed by atoms with Gasteiger partial charge in [-0.25, -0.2) is 0 Å². The zero-order valence-corrected chi connectivity index (χ0v) is 12.7. The van der Waals surface area contributed by atoms with E-state index in [0.29, 0.717) is 6.04 Å². The summed E-state index contributed by atoms with van der Waals surface area (Å²) in [5.74, 6) is 0. The molecule has 2 aromatic rings. The second kappa shape index (κ2) is 6.11. The largest absolute Gasteiger partial charge is 0.308 e. The Bertz CT molecular complexity index is 597. The molecule has 3 heteroatoms. The van der Waals surface area contributed by atoms with Gasteiger partial charge in [0.2, 0.25) is 0 Å². The molecule has 1 aliphatic carbocycles. The van der Waals surface area contributed by atoms with Crippen LogP contribution >= 0.6 is 11.6 Å². The fourth-order valence-corrected chi connectivity index (χ4v) is 3.47. The Morgan fingerprint density at radius 1 is 1.25 bits per heavy atom. The first-order valence-electron chi connectivity index (χ1n) is 7.47. The Morgan fingerprint density at radius 2 is 2.05 bits per heavy atom. The van der Waals surface area contributed by atoms with Crippen LogP contribution in [0, 0.1) is 6.92 Å². The summed E-state index contributed by atoms with van der Waals surface area (Å²) in [6.07, 6.45) is 4.88. The molecule has 1 aliphatic rings. The van der Waals surface area contributed by atoms with Crippen LogP contribution in [0.2, 0.25) is 0 Å². The predicted octanol–water partition coefficient (Wildman–Crippen LogP) is 4.18. The molecular weight excluding hydrogens is 268 g/mol. The lowest BCUT2D eigenvalue weighted by Crippen LogP contribution is -2.38. The zero-order chi connectivity index (χ0) is 13.9. The van der Waals surface area contributed by atoms with E-state index in [2.05, 4.69) is 41.5 Å². The molecule has 1 saturated carbocycles. The fourth-order valence-electron chi connectivity index (χ4n) is 3.10. The van der Waals surface area contributed by atoms with Crippen molar-refractivity contribution in [3.8, 4) is 0 Å². The number of rotatable bonds is 3. The SMILES string of the molecule is Cc1cc(CNC2CCCCC2Cl)c2ccccc2n1. The van der Waals surface area contributed by atoms with Gasteiger partial charge in [0.1, 0.15) is 0 Å². The number of halogens is 1. The van der Waals surface area contributed by atoms with E-state index in [9.17, 15) is 0 Å². The van der Waals surface area contributed by atoms with E-state index in [0.717, 1.165) is 24.2 Å². The first kappa shape index (κ1) is 13.8. The van der Waals surface area contributed by atoms with Gasteiger partial charge < -0.3 is 5.32 Å². The molecule has 1 N–H and O–H groups in total. The average molecular weight is 289 g/mol. The number of fused-ring (bicyclic) bond motifs is 1. The van der Waals surface area contributed by atoms with Crippen molar-refractivity contribution in [2.75, 3.05) is 0 Å². The second-order valence-corrected chi connectivity index (χ2v) is 6.29. The third-order valence-corrected chi connectivity index (χ3v) is 4.69. The van der Waals surface area contributed by atoms with Crippen LogP contribution in [0.25, 0.3) is 10.9 Å². The molecule has 106 valence electrons. The van der Waals surface area contributed by atoms with Crippen LogP contribution in [0.1, 0.15) is 36.9 Å². The lowest BCUT2D eigenvalue weighted by atomic mass is 9.94. The molecule has 2 nitrogen and oxygen atoms in total. The van der Waals surface area contributed by atoms with Gasteiger partial charge in [-0.05, 0) is 37.5 Å². The third kappa shape index (κ3) is 2.97. The van der Waals surface area contributed by atoms with Gasteiger partial charge in [-0.15, -0.1) is 11.6 Å². The summed E-state index contributed by atoms with van der Waals surface area (Å²) in [5, 5.41) is 5.17. The molecule has 0 amide bonds. The first-order valence-corrected chi connectivity index (χ1v) is 7.90. The Kier molecular flexibility index (Phi) is 4.23. The molecule has 1 heterocycles. The Balaban J connectivity index is 1.80. The van der Waals surface area contributed by atoms with Crippen molar-refractivity contribution in [3.05, 3.63) is 41.6 Å². The van der Waals surface area contributed by atoms with Gasteiger partial charge in [0.15, 0.2) is 0 Å². The van der Waals surface area contributed by atoms with Gasteiger partial charge in [0.05, 0.1) is 5.52 Å². The monoisotopic (exact) mass is 288 g/mol. The van der Waals surface area contributed by atoms with Crippen molar-refractivity contribution >= 4 is 22.5 Å². The lowest BCUT2D eigenvalue weighted by molar-refractivity contribution is 0.379. The van der Waals surface area contributed by atoms with Gasteiger partial charge in [0.25, 0.3) is 0 Å². The Hall–Kier alpha value is -1.12. The summed E-state index contributed by atoms with van der Waals surface area (Å²) in [4.78, 5) is 4.59. The van der Waals surface area contributed by atoms with Crippen molar-refractivity contribution in [1.82, 2.24) is 10.3 Å². The number of hydrogen-bond acceptors (Lipinski definition) is 2. The molecule has 2 atom stereocenters. The minimum atomic E-state index is 0.276. The minimum absolute atomic E-state index is 0.276. The molecule has 20 heavy (non-hydrogen) atoms. The first-order chi connectivity index (χ1) is 9.74. The number of nitrogens with one attached hydrogen (secondary N) is 1. The van der Waals surface area contributed by atoms with Crippen LogP contribution in [0.3, 0.4) is 0 Å². The summed E-state index contributed by atoms with van der Waals surface area (Å²) in [7, 11) is 0. The summed E-state index contributed by atoms with van der Waals surface area (Å²) in [5.41, 5.74) is 3.48. The molecule has 2 unspecified atom stereocenters. The highest BCUT2D eigenvalue weighted by molar-refractivity contribution is 6.21. The zero-order valence-electron chi connectivity index (χ0n) is 11.9. The standard InChI is InChI=1S/C17H21ClN2/c1-12-10-13(14-6-2-4-8-16(14)20-12)11-19-17-9-5-3-7-15(17)18/h2,4,6,8,10,15,17,19H,3,5,7,9,11H2,1H3. The van der Waals surface area contributed by atoms with Crippen LogP contribution in [0.15, 0.2) is 30.3 Å². The quantitative estimate of drug-likeness (QED) is 0.857. The molecule has 3 rings (SSSR count). The summed E-state index contributed by atoms with van der Waals surface area (Å²) < 4.78 is 0. The number of hydrogen-bond donors (Lipinski definition) is 1. The van der Waals surface area contributed by atoms with E-state index in [1.165, 1.54) is 30.2 Å². The van der Waals surface area contributed by atoms with Crippen molar-refractivity contribution in [2.24, 2.45) is 0 Å². The molecule has 1 fully saturated rings. The highest BCUT2D eigenvalue weighted by Gasteiger charge is 2.22. The number of para-hydroxylation sites is 1. The van der Waals surface area contributed by atoms with E-state index < -0.39 is 0 Å². The molecule has 0 aliphatic heterocycles. The van der Waals surface area contributed by atoms with Gasteiger partial charge in [-0.3, -0.25) is 4.98 Å². The van der Waals surface area contributed by atoms with Crippen LogP contribution in [0.4, 0.5) is 0 Å². The maximum absolute atomic E-state index is 6.42. The van der Waals surface area contributed by atoms with Crippen LogP contribution in [-0.2, 0) is 6.54 Å². The van der Waals surface area contributed by atoms with Crippen molar-refractivity contribution < 1.29 is 0 Å². The smallest absolute Gasteiger partial charge is 0.0708 e. The number of aromatic nitrogens is 1. The maximum Gasteiger partial charge on any atom is 0.0708 e. The lowest BCUT2D eigenvalue weighted by Gasteiger charge is -2.28. The normalized spacial score (nSPS) is 23.1. The van der Waals surface area contributed by atoms with Gasteiger partial charge in [-0.1, -0.05) is 31.0 Å². The molecule has 0 spiro atoms. The summed E-state index contributed by atoms with van der Waals surface area (Å²) >= 11 is 6.42. The summed E-state index contributed by atoms with van der Waals surface area (Å²) in [6, 6.07) is 11.0. The maximum atomic E-state index is 6.42. The average Bonchev–Trinajstić information content (AvgIpc) is 2.46. The Labute approximate surface area is 125 Å². The molecule has 1 aromatic heterocycles. The van der Waals surface area contributed by atoms with Gasteiger partial charge in [-0.2, -0.15) is 0 Å². The number of benzene rings is 1. The highest BCUT2D eigenvalue weighted by Crippen LogP contribution is 2.24. The van der Waals surface area contributed by atoms with Crippen LogP contribution < -0.4 is 5.32 Å². The minimum Gasteiger partial charge on any atom is -0.308 e. The molecule has 0 bridgehead atoms. The predicted molar refractivity (Wildman–Crippen MR) is 85.2 cm³/mol. The van der Waals surface area contributed by atoms with E-state index in [-0.39, 0.29) is 5.38 Å². The molecule has 0 radical (unpaired) electrons. The van der Waals surface area contributed by atoms with Crippen molar-refractivity contribution in [1.29, 1.82) is 0 Å². The van der Waals surface area contributed by atoms with Crippen LogP contribution in [0.5, 0.6) is 0 Å².